The van der Waals surface area contributed by atoms with E-state index in [2.05, 4.69) is 37.6 Å². The largest absolute Gasteiger partial charge is 0.497 e. The summed E-state index contributed by atoms with van der Waals surface area (Å²) in [7, 11) is 3.10. The van der Waals surface area contributed by atoms with E-state index in [0.29, 0.717) is 34.6 Å². The van der Waals surface area contributed by atoms with E-state index in [9.17, 15) is 4.79 Å². The van der Waals surface area contributed by atoms with Crippen molar-refractivity contribution in [2.24, 2.45) is 0 Å². The lowest BCUT2D eigenvalue weighted by molar-refractivity contribution is 0.209. The summed E-state index contributed by atoms with van der Waals surface area (Å²) in [5.41, 5.74) is 4.16. The fraction of sp³-hybridized carbons (Fsp3) is 0.258. The lowest BCUT2D eigenvalue weighted by Gasteiger charge is -2.29. The Hall–Kier alpha value is -4.83. The van der Waals surface area contributed by atoms with Gasteiger partial charge in [0.2, 0.25) is 0 Å². The molecular formula is C31H34N6O4. The van der Waals surface area contributed by atoms with Gasteiger partial charge in [-0.1, -0.05) is 18.2 Å². The third-order valence-electron chi connectivity index (χ3n) is 6.91. The number of amides is 1. The van der Waals surface area contributed by atoms with Crippen molar-refractivity contribution in [3.8, 4) is 17.2 Å². The van der Waals surface area contributed by atoms with Gasteiger partial charge in [-0.3, -0.25) is 0 Å². The summed E-state index contributed by atoms with van der Waals surface area (Å²) in [6, 6.07) is 20.8. The number of ether oxygens (including phenoxy) is 3. The van der Waals surface area contributed by atoms with Gasteiger partial charge in [0.05, 0.1) is 19.9 Å². The summed E-state index contributed by atoms with van der Waals surface area (Å²) in [6.45, 7) is 7.70. The highest BCUT2D eigenvalue weighted by atomic mass is 16.6. The molecule has 0 radical (unpaired) electrons. The van der Waals surface area contributed by atoms with Crippen molar-refractivity contribution in [3.63, 3.8) is 0 Å². The van der Waals surface area contributed by atoms with Gasteiger partial charge in [0.25, 0.3) is 0 Å². The maximum atomic E-state index is 13.8. The first-order valence-corrected chi connectivity index (χ1v) is 13.4. The van der Waals surface area contributed by atoms with Crippen molar-refractivity contribution in [1.82, 2.24) is 15.3 Å². The number of anilines is 5. The van der Waals surface area contributed by atoms with E-state index in [-0.39, 0.29) is 0 Å². The third-order valence-corrected chi connectivity index (χ3v) is 6.91. The Labute approximate surface area is 239 Å². The predicted octanol–water partition coefficient (Wildman–Crippen LogP) is 5.60. The van der Waals surface area contributed by atoms with Crippen LogP contribution in [0.15, 0.2) is 73.1 Å². The first kappa shape index (κ1) is 27.7. The number of hydrogen-bond donors (Lipinski definition) is 2. The number of carbonyl (C=O) groups excluding carboxylic acids is 1. The second kappa shape index (κ2) is 12.6. The molecule has 0 atom stereocenters. The molecule has 1 aliphatic heterocycles. The van der Waals surface area contributed by atoms with Gasteiger partial charge in [0.1, 0.15) is 35.2 Å². The van der Waals surface area contributed by atoms with Crippen LogP contribution in [0.2, 0.25) is 0 Å². The molecular weight excluding hydrogens is 520 g/mol. The maximum Gasteiger partial charge on any atom is 0.425 e. The van der Waals surface area contributed by atoms with Crippen molar-refractivity contribution in [2.45, 2.75) is 13.8 Å². The zero-order chi connectivity index (χ0) is 28.8. The van der Waals surface area contributed by atoms with Crippen LogP contribution in [0.25, 0.3) is 0 Å². The van der Waals surface area contributed by atoms with Crippen molar-refractivity contribution in [2.75, 3.05) is 55.5 Å². The number of piperazine rings is 1. The molecule has 2 heterocycles. The lowest BCUT2D eigenvalue weighted by atomic mass is 10.1. The van der Waals surface area contributed by atoms with Crippen LogP contribution in [0.4, 0.5) is 33.5 Å². The lowest BCUT2D eigenvalue weighted by Crippen LogP contribution is -2.43. The summed E-state index contributed by atoms with van der Waals surface area (Å²) in [6.07, 6.45) is 0.762. The topological polar surface area (TPSA) is 101 Å². The minimum atomic E-state index is -0.643. The first-order chi connectivity index (χ1) is 20.0. The molecule has 0 spiro atoms. The summed E-state index contributed by atoms with van der Waals surface area (Å²) >= 11 is 0. The molecule has 10 heteroatoms. The Bertz CT molecular complexity index is 1480. The van der Waals surface area contributed by atoms with Crippen molar-refractivity contribution < 1.29 is 19.0 Å². The molecule has 1 aromatic heterocycles. The molecule has 41 heavy (non-hydrogen) atoms. The van der Waals surface area contributed by atoms with Gasteiger partial charge in [-0.15, -0.1) is 0 Å². The zero-order valence-corrected chi connectivity index (χ0v) is 23.7. The standard InChI is InChI=1S/C31H34N6O4/c1-21-6-5-7-22(2)30(21)41-31(38)37(26-13-12-25(39-3)18-27(26)40-4)29-19-28(33-20-34-29)35-23-8-10-24(11-9-23)36-16-14-32-15-17-36/h5-13,18-20,32H,14-17H2,1-4H3,(H,33,34,35). The van der Waals surface area contributed by atoms with E-state index in [1.54, 1.807) is 31.4 Å². The molecule has 10 nitrogen and oxygen atoms in total. The van der Waals surface area contributed by atoms with Crippen LogP contribution in [0.1, 0.15) is 11.1 Å². The number of nitrogens with zero attached hydrogens (tertiary/aromatic N) is 4. The molecule has 2 N–H and O–H groups in total. The summed E-state index contributed by atoms with van der Waals surface area (Å²) in [5, 5.41) is 6.70. The van der Waals surface area contributed by atoms with E-state index in [1.165, 1.54) is 24.0 Å². The minimum Gasteiger partial charge on any atom is -0.497 e. The molecule has 212 valence electrons. The van der Waals surface area contributed by atoms with Gasteiger partial charge in [0, 0.05) is 49.7 Å². The average molecular weight is 555 g/mol. The number of aryl methyl sites for hydroxylation is 2. The van der Waals surface area contributed by atoms with Crippen molar-refractivity contribution in [3.05, 3.63) is 84.2 Å². The second-order valence-electron chi connectivity index (χ2n) is 9.63. The molecule has 0 aliphatic carbocycles. The SMILES string of the molecule is COc1ccc(N(C(=O)Oc2c(C)cccc2C)c2cc(Nc3ccc(N4CCNCC4)cc3)ncn2)c(OC)c1. The third kappa shape index (κ3) is 6.33. The molecule has 1 fully saturated rings. The van der Waals surface area contributed by atoms with Gasteiger partial charge in [0.15, 0.2) is 0 Å². The quantitative estimate of drug-likeness (QED) is 0.288. The number of carbonyl (C=O) groups is 1. The predicted molar refractivity (Wildman–Crippen MR) is 160 cm³/mol. The minimum absolute atomic E-state index is 0.305. The highest BCUT2D eigenvalue weighted by molar-refractivity contribution is 5.98. The van der Waals surface area contributed by atoms with Crippen LogP contribution < -0.4 is 34.6 Å². The monoisotopic (exact) mass is 554 g/mol. The summed E-state index contributed by atoms with van der Waals surface area (Å²) in [4.78, 5) is 26.4. The van der Waals surface area contributed by atoms with E-state index in [4.69, 9.17) is 14.2 Å². The maximum absolute atomic E-state index is 13.8. The molecule has 0 unspecified atom stereocenters. The molecule has 3 aromatic carbocycles. The van der Waals surface area contributed by atoms with Gasteiger partial charge in [-0.25, -0.2) is 19.7 Å². The summed E-state index contributed by atoms with van der Waals surface area (Å²) < 4.78 is 16.9. The highest BCUT2D eigenvalue weighted by Crippen LogP contribution is 2.37. The smallest absolute Gasteiger partial charge is 0.425 e. The first-order valence-electron chi connectivity index (χ1n) is 13.4. The average Bonchev–Trinajstić information content (AvgIpc) is 3.00. The van der Waals surface area contributed by atoms with E-state index in [1.807, 2.05) is 44.2 Å². The Morgan fingerprint density at radius 2 is 1.66 bits per heavy atom. The Balaban J connectivity index is 1.46. The fourth-order valence-corrected chi connectivity index (χ4v) is 4.74. The number of aromatic nitrogens is 2. The highest BCUT2D eigenvalue weighted by Gasteiger charge is 2.27. The number of para-hydroxylation sites is 1. The molecule has 5 rings (SSSR count). The normalized spacial score (nSPS) is 12.9. The van der Waals surface area contributed by atoms with E-state index < -0.39 is 6.09 Å². The summed E-state index contributed by atoms with van der Waals surface area (Å²) in [5.74, 6) is 2.32. The van der Waals surface area contributed by atoms with Gasteiger partial charge in [-0.05, 0) is 61.4 Å². The van der Waals surface area contributed by atoms with Crippen LogP contribution in [0, 0.1) is 13.8 Å². The van der Waals surface area contributed by atoms with E-state index in [0.717, 1.165) is 43.0 Å². The van der Waals surface area contributed by atoms with Gasteiger partial charge >= 0.3 is 6.09 Å². The van der Waals surface area contributed by atoms with Gasteiger partial charge < -0.3 is 29.7 Å². The second-order valence-corrected chi connectivity index (χ2v) is 9.63. The van der Waals surface area contributed by atoms with Crippen LogP contribution in [-0.2, 0) is 0 Å². The van der Waals surface area contributed by atoms with Crippen LogP contribution >= 0.6 is 0 Å². The van der Waals surface area contributed by atoms with Crippen LogP contribution in [0.5, 0.6) is 17.2 Å². The zero-order valence-electron chi connectivity index (χ0n) is 23.7. The van der Waals surface area contributed by atoms with Crippen molar-refractivity contribution in [1.29, 1.82) is 0 Å². The number of methoxy groups -OCH3 is 2. The molecule has 1 aliphatic rings. The Morgan fingerprint density at radius 3 is 2.34 bits per heavy atom. The molecule has 1 amide bonds. The molecule has 4 aromatic rings. The number of benzene rings is 3. The number of hydrogen-bond acceptors (Lipinski definition) is 9. The Morgan fingerprint density at radius 1 is 0.927 bits per heavy atom. The fourth-order valence-electron chi connectivity index (χ4n) is 4.74. The van der Waals surface area contributed by atoms with Crippen molar-refractivity contribution >= 4 is 34.8 Å². The molecule has 0 saturated carbocycles. The van der Waals surface area contributed by atoms with Gasteiger partial charge in [-0.2, -0.15) is 0 Å². The molecule has 1 saturated heterocycles. The number of nitrogens with one attached hydrogen (secondary N) is 2. The Kier molecular flexibility index (Phi) is 8.50. The van der Waals surface area contributed by atoms with Crippen LogP contribution in [0.3, 0.4) is 0 Å². The van der Waals surface area contributed by atoms with Crippen LogP contribution in [-0.4, -0.2) is 56.5 Å². The molecule has 0 bridgehead atoms. The van der Waals surface area contributed by atoms with E-state index >= 15 is 0 Å². The number of rotatable bonds is 8.